The molecule has 43 heavy (non-hydrogen) atoms. The van der Waals surface area contributed by atoms with Crippen LogP contribution >= 0.6 is 0 Å². The highest BCUT2D eigenvalue weighted by Gasteiger charge is 2.25. The number of hydrogen-bond acceptors (Lipinski definition) is 6. The summed E-state index contributed by atoms with van der Waals surface area (Å²) < 4.78 is 12.8. The fraction of sp³-hybridized carbons (Fsp3) is 0.455. The Bertz CT molecular complexity index is 1660. The normalized spacial score (nSPS) is 12.7. The van der Waals surface area contributed by atoms with Crippen molar-refractivity contribution in [3.63, 3.8) is 0 Å². The van der Waals surface area contributed by atoms with E-state index < -0.39 is 29.4 Å². The van der Waals surface area contributed by atoms with Crippen molar-refractivity contribution in [1.29, 1.82) is 0 Å². The lowest BCUT2D eigenvalue weighted by Gasteiger charge is -2.23. The van der Waals surface area contributed by atoms with Gasteiger partial charge in [0, 0.05) is 35.4 Å². The van der Waals surface area contributed by atoms with Gasteiger partial charge in [-0.15, -0.1) is 0 Å². The van der Waals surface area contributed by atoms with E-state index in [1.54, 1.807) is 41.5 Å². The molecule has 4 rings (SSSR count). The summed E-state index contributed by atoms with van der Waals surface area (Å²) in [5.74, 6) is -0.359. The highest BCUT2D eigenvalue weighted by Crippen LogP contribution is 2.34. The molecular weight excluding hydrogens is 546 g/mol. The first-order valence-electron chi connectivity index (χ1n) is 14.7. The SMILES string of the molecule is Cc1c2cc(NC(=O)[C@H](CCCCNC(=O)OC(C)(C)C)NC(=O)OC(C)(C)C)ccc2nc2c1c1ccccc1n2C. The number of benzene rings is 2. The van der Waals surface area contributed by atoms with Crippen molar-refractivity contribution in [3.05, 3.63) is 48.0 Å². The van der Waals surface area contributed by atoms with Gasteiger partial charge in [-0.1, -0.05) is 18.2 Å². The number of alkyl carbamates (subject to hydrolysis) is 2. The number of carbonyl (C=O) groups is 3. The van der Waals surface area contributed by atoms with Crippen LogP contribution in [-0.2, 0) is 21.3 Å². The van der Waals surface area contributed by atoms with Crippen LogP contribution < -0.4 is 16.0 Å². The Hall–Kier alpha value is -4.34. The molecule has 0 saturated carbocycles. The molecule has 230 valence electrons. The Balaban J connectivity index is 1.50. The predicted molar refractivity (Wildman–Crippen MR) is 170 cm³/mol. The minimum absolute atomic E-state index is 0.353. The highest BCUT2D eigenvalue weighted by molar-refractivity contribution is 6.13. The van der Waals surface area contributed by atoms with Gasteiger partial charge in [0.1, 0.15) is 22.9 Å². The Morgan fingerprint density at radius 2 is 1.58 bits per heavy atom. The maximum atomic E-state index is 13.5. The Kier molecular flexibility index (Phi) is 9.18. The monoisotopic (exact) mass is 589 g/mol. The van der Waals surface area contributed by atoms with E-state index in [9.17, 15) is 14.4 Å². The Morgan fingerprint density at radius 3 is 2.28 bits per heavy atom. The van der Waals surface area contributed by atoms with Crippen LogP contribution in [-0.4, -0.2) is 51.4 Å². The number of anilines is 1. The number of fused-ring (bicyclic) bond motifs is 4. The van der Waals surface area contributed by atoms with Gasteiger partial charge in [0.05, 0.1) is 11.0 Å². The topological polar surface area (TPSA) is 124 Å². The molecule has 2 aromatic carbocycles. The van der Waals surface area contributed by atoms with E-state index in [-0.39, 0.29) is 5.91 Å². The number of unbranched alkanes of at least 4 members (excludes halogenated alkanes) is 1. The van der Waals surface area contributed by atoms with Crippen LogP contribution in [0.2, 0.25) is 0 Å². The third-order valence-electron chi connectivity index (χ3n) is 6.94. The fourth-order valence-corrected chi connectivity index (χ4v) is 5.07. The van der Waals surface area contributed by atoms with Gasteiger partial charge < -0.3 is 30.0 Å². The summed E-state index contributed by atoms with van der Waals surface area (Å²) in [5.41, 5.74) is 3.23. The summed E-state index contributed by atoms with van der Waals surface area (Å²) in [7, 11) is 2.02. The van der Waals surface area contributed by atoms with E-state index in [1.807, 2.05) is 37.4 Å². The lowest BCUT2D eigenvalue weighted by Crippen LogP contribution is -2.45. The van der Waals surface area contributed by atoms with Gasteiger partial charge in [0.2, 0.25) is 5.91 Å². The molecule has 2 aromatic heterocycles. The number of rotatable bonds is 8. The van der Waals surface area contributed by atoms with Gasteiger partial charge in [-0.2, -0.15) is 0 Å². The van der Waals surface area contributed by atoms with Crippen molar-refractivity contribution in [2.75, 3.05) is 11.9 Å². The predicted octanol–water partition coefficient (Wildman–Crippen LogP) is 6.71. The Morgan fingerprint density at radius 1 is 0.907 bits per heavy atom. The quantitative estimate of drug-likeness (QED) is 0.196. The van der Waals surface area contributed by atoms with Crippen molar-refractivity contribution in [2.45, 2.75) is 85.0 Å². The maximum Gasteiger partial charge on any atom is 0.408 e. The fourth-order valence-electron chi connectivity index (χ4n) is 5.07. The molecule has 2 heterocycles. The van der Waals surface area contributed by atoms with Crippen LogP contribution in [0.5, 0.6) is 0 Å². The molecule has 0 fully saturated rings. The van der Waals surface area contributed by atoms with Gasteiger partial charge in [-0.25, -0.2) is 14.6 Å². The molecule has 10 heteroatoms. The number of carbonyl (C=O) groups excluding carboxylic acids is 3. The average Bonchev–Trinajstić information content (AvgIpc) is 3.18. The van der Waals surface area contributed by atoms with Gasteiger partial charge >= 0.3 is 12.2 Å². The molecule has 0 aliphatic rings. The minimum atomic E-state index is -0.841. The molecule has 1 atom stereocenters. The van der Waals surface area contributed by atoms with E-state index >= 15 is 0 Å². The molecule has 3 amide bonds. The highest BCUT2D eigenvalue weighted by atomic mass is 16.6. The van der Waals surface area contributed by atoms with E-state index in [0.717, 1.165) is 38.4 Å². The molecule has 0 radical (unpaired) electrons. The lowest BCUT2D eigenvalue weighted by molar-refractivity contribution is -0.118. The lowest BCUT2D eigenvalue weighted by atomic mass is 10.0. The molecule has 0 saturated heterocycles. The molecule has 0 unspecified atom stereocenters. The summed E-state index contributed by atoms with van der Waals surface area (Å²) >= 11 is 0. The number of nitrogens with one attached hydrogen (secondary N) is 3. The summed E-state index contributed by atoms with van der Waals surface area (Å²) in [6.45, 7) is 13.2. The zero-order valence-corrected chi connectivity index (χ0v) is 26.4. The smallest absolute Gasteiger partial charge is 0.408 e. The van der Waals surface area contributed by atoms with E-state index in [0.29, 0.717) is 31.5 Å². The zero-order valence-electron chi connectivity index (χ0n) is 26.4. The standard InChI is InChI=1S/C33H43N5O5/c1-20-23-19-21(16-17-24(23)36-28-27(20)22-13-9-10-15-26(22)38(28)8)35-29(39)25(37-31(41)43-33(5,6)7)14-11-12-18-34-30(40)42-32(2,3)4/h9-10,13,15-17,19,25H,11-12,14,18H2,1-8H3,(H,34,40)(H,35,39)(H,37,41)/t25-/m0/s1. The van der Waals surface area contributed by atoms with Gasteiger partial charge in [0.15, 0.2) is 0 Å². The number of pyridine rings is 1. The molecule has 0 bridgehead atoms. The van der Waals surface area contributed by atoms with Crippen LogP contribution in [0.4, 0.5) is 15.3 Å². The van der Waals surface area contributed by atoms with Gasteiger partial charge in [0.25, 0.3) is 0 Å². The first kappa shape index (κ1) is 31.6. The summed E-state index contributed by atoms with van der Waals surface area (Å²) in [5, 5.41) is 11.6. The van der Waals surface area contributed by atoms with E-state index in [1.165, 1.54) is 0 Å². The first-order chi connectivity index (χ1) is 20.1. The number of para-hydroxylation sites is 1. The van der Waals surface area contributed by atoms with Gasteiger partial charge in [-0.3, -0.25) is 4.79 Å². The van der Waals surface area contributed by atoms with E-state index in [2.05, 4.69) is 39.6 Å². The first-order valence-corrected chi connectivity index (χ1v) is 14.7. The van der Waals surface area contributed by atoms with E-state index in [4.69, 9.17) is 14.5 Å². The molecule has 0 aliphatic heterocycles. The van der Waals surface area contributed by atoms with Crippen molar-refractivity contribution in [2.24, 2.45) is 7.05 Å². The number of ether oxygens (including phenoxy) is 2. The van der Waals surface area contributed by atoms with Crippen LogP contribution in [0, 0.1) is 6.92 Å². The largest absolute Gasteiger partial charge is 0.444 e. The van der Waals surface area contributed by atoms with Crippen LogP contribution in [0.15, 0.2) is 42.5 Å². The number of aryl methyl sites for hydroxylation is 2. The minimum Gasteiger partial charge on any atom is -0.444 e. The second-order valence-corrected chi connectivity index (χ2v) is 12.9. The van der Waals surface area contributed by atoms with Gasteiger partial charge in [-0.05, 0) is 97.6 Å². The summed E-state index contributed by atoms with van der Waals surface area (Å²) in [6, 6.07) is 13.0. The summed E-state index contributed by atoms with van der Waals surface area (Å²) in [6.07, 6.45) is 0.364. The van der Waals surface area contributed by atoms with Crippen molar-refractivity contribution >= 4 is 56.6 Å². The molecule has 0 spiro atoms. The maximum absolute atomic E-state index is 13.5. The number of hydrogen-bond donors (Lipinski definition) is 3. The number of amides is 3. The molecule has 4 aromatic rings. The van der Waals surface area contributed by atoms with Crippen LogP contribution in [0.1, 0.15) is 66.4 Å². The zero-order chi connectivity index (χ0) is 31.5. The van der Waals surface area contributed by atoms with Crippen molar-refractivity contribution in [1.82, 2.24) is 20.2 Å². The second kappa shape index (κ2) is 12.5. The number of nitrogens with zero attached hydrogens (tertiary/aromatic N) is 2. The van der Waals surface area contributed by atoms with Crippen molar-refractivity contribution < 1.29 is 23.9 Å². The molecule has 3 N–H and O–H groups in total. The third kappa shape index (κ3) is 7.94. The number of aromatic nitrogens is 2. The Labute approximate surface area is 252 Å². The molecule has 0 aliphatic carbocycles. The second-order valence-electron chi connectivity index (χ2n) is 12.9. The third-order valence-corrected chi connectivity index (χ3v) is 6.94. The average molecular weight is 590 g/mol. The van der Waals surface area contributed by atoms with Crippen LogP contribution in [0.25, 0.3) is 32.8 Å². The summed E-state index contributed by atoms with van der Waals surface area (Å²) in [4.78, 5) is 42.9. The van der Waals surface area contributed by atoms with Crippen LogP contribution in [0.3, 0.4) is 0 Å². The molecule has 10 nitrogen and oxygen atoms in total. The van der Waals surface area contributed by atoms with Crippen molar-refractivity contribution in [3.8, 4) is 0 Å². The molecular formula is C33H43N5O5.